The fourth-order valence-corrected chi connectivity index (χ4v) is 5.07. The van der Waals surface area contributed by atoms with Gasteiger partial charge in [0.15, 0.2) is 11.5 Å². The third-order valence-corrected chi connectivity index (χ3v) is 6.92. The Hall–Kier alpha value is -2.52. The number of rotatable bonds is 5. The highest BCUT2D eigenvalue weighted by Gasteiger charge is 2.28. The van der Waals surface area contributed by atoms with Crippen molar-refractivity contribution in [2.75, 3.05) is 19.9 Å². The summed E-state index contributed by atoms with van der Waals surface area (Å²) < 4.78 is 39.3. The van der Waals surface area contributed by atoms with E-state index in [1.165, 1.54) is 16.6 Å². The van der Waals surface area contributed by atoms with Crippen LogP contribution in [-0.4, -0.2) is 43.1 Å². The molecular formula is C19H23N3O5S. The summed E-state index contributed by atoms with van der Waals surface area (Å²) in [5.41, 5.74) is 1.17. The molecule has 8 nitrogen and oxygen atoms in total. The number of amides is 1. The van der Waals surface area contributed by atoms with Gasteiger partial charge in [0.1, 0.15) is 10.6 Å². The molecule has 2 aliphatic heterocycles. The molecule has 28 heavy (non-hydrogen) atoms. The van der Waals surface area contributed by atoms with Crippen molar-refractivity contribution in [3.63, 3.8) is 0 Å². The molecule has 1 fully saturated rings. The van der Waals surface area contributed by atoms with E-state index in [0.717, 1.165) is 24.8 Å². The van der Waals surface area contributed by atoms with E-state index in [-0.39, 0.29) is 17.6 Å². The number of fused-ring (bicyclic) bond motifs is 1. The Morgan fingerprint density at radius 2 is 1.86 bits per heavy atom. The second-order valence-corrected chi connectivity index (χ2v) is 8.94. The van der Waals surface area contributed by atoms with Gasteiger partial charge in [-0.1, -0.05) is 12.5 Å². The normalized spacial score (nSPS) is 16.9. The highest BCUT2D eigenvalue weighted by molar-refractivity contribution is 7.89. The Morgan fingerprint density at radius 1 is 1.11 bits per heavy atom. The smallest absolute Gasteiger partial charge is 0.268 e. The molecule has 0 saturated carbocycles. The average Bonchev–Trinajstić information content (AvgIpc) is 3.33. The second-order valence-electron chi connectivity index (χ2n) is 7.01. The van der Waals surface area contributed by atoms with Crippen LogP contribution in [-0.2, 0) is 23.6 Å². The summed E-state index contributed by atoms with van der Waals surface area (Å²) >= 11 is 0. The van der Waals surface area contributed by atoms with Crippen LogP contribution < -0.4 is 14.8 Å². The van der Waals surface area contributed by atoms with Crippen molar-refractivity contribution in [2.24, 2.45) is 7.05 Å². The first-order valence-corrected chi connectivity index (χ1v) is 10.7. The number of hydrogen-bond donors (Lipinski definition) is 1. The van der Waals surface area contributed by atoms with Crippen LogP contribution in [0.5, 0.6) is 11.5 Å². The molecule has 9 heteroatoms. The Kier molecular flexibility index (Phi) is 5.03. The third kappa shape index (κ3) is 3.59. The molecule has 3 heterocycles. The standard InChI is InChI=1S/C19H23N3O5S/c1-21-12-15(28(24,25)22-7-3-2-4-8-22)10-16(21)19(23)20-11-14-5-6-17-18(9-14)27-13-26-17/h5-6,9-10,12H,2-4,7-8,11,13H2,1H3,(H,20,23). The van der Waals surface area contributed by atoms with E-state index >= 15 is 0 Å². The Bertz CT molecular complexity index is 993. The van der Waals surface area contributed by atoms with Crippen molar-refractivity contribution in [1.82, 2.24) is 14.2 Å². The molecule has 1 aromatic carbocycles. The number of nitrogens with zero attached hydrogens (tertiary/aromatic N) is 2. The van der Waals surface area contributed by atoms with E-state index in [1.54, 1.807) is 17.7 Å². The largest absolute Gasteiger partial charge is 0.454 e. The number of aryl methyl sites for hydroxylation is 1. The number of piperidine rings is 1. The molecule has 150 valence electrons. The number of ether oxygens (including phenoxy) is 2. The van der Waals surface area contributed by atoms with Gasteiger partial charge in [0, 0.05) is 32.9 Å². The molecule has 0 radical (unpaired) electrons. The van der Waals surface area contributed by atoms with Crippen LogP contribution in [0.3, 0.4) is 0 Å². The molecule has 0 atom stereocenters. The average molecular weight is 405 g/mol. The lowest BCUT2D eigenvalue weighted by Gasteiger charge is -2.25. The van der Waals surface area contributed by atoms with Gasteiger partial charge in [-0.2, -0.15) is 4.31 Å². The molecule has 1 N–H and O–H groups in total. The fourth-order valence-electron chi connectivity index (χ4n) is 3.48. The summed E-state index contributed by atoms with van der Waals surface area (Å²) in [6, 6.07) is 6.92. The lowest BCUT2D eigenvalue weighted by molar-refractivity contribution is 0.0942. The van der Waals surface area contributed by atoms with E-state index < -0.39 is 10.0 Å². The molecule has 0 spiro atoms. The van der Waals surface area contributed by atoms with Gasteiger partial charge in [-0.3, -0.25) is 4.79 Å². The van der Waals surface area contributed by atoms with E-state index in [9.17, 15) is 13.2 Å². The predicted octanol–water partition coefficient (Wildman–Crippen LogP) is 1.86. The molecule has 2 aliphatic rings. The van der Waals surface area contributed by atoms with Crippen molar-refractivity contribution in [2.45, 2.75) is 30.7 Å². The lowest BCUT2D eigenvalue weighted by Crippen LogP contribution is -2.35. The van der Waals surface area contributed by atoms with Crippen LogP contribution in [0.1, 0.15) is 35.3 Å². The molecule has 1 saturated heterocycles. The zero-order chi connectivity index (χ0) is 19.7. The lowest BCUT2D eigenvalue weighted by atomic mass is 10.2. The van der Waals surface area contributed by atoms with Crippen molar-refractivity contribution in [1.29, 1.82) is 0 Å². The SMILES string of the molecule is Cn1cc(S(=O)(=O)N2CCCCC2)cc1C(=O)NCc1ccc2c(c1)OCO2. The molecule has 4 rings (SSSR count). The highest BCUT2D eigenvalue weighted by atomic mass is 32.2. The Morgan fingerprint density at radius 3 is 2.64 bits per heavy atom. The summed E-state index contributed by atoms with van der Waals surface area (Å²) in [5, 5.41) is 2.83. The third-order valence-electron chi connectivity index (χ3n) is 5.06. The van der Waals surface area contributed by atoms with Crippen LogP contribution in [0.25, 0.3) is 0 Å². The Labute approximate surface area is 164 Å². The van der Waals surface area contributed by atoms with E-state index in [1.807, 2.05) is 12.1 Å². The van der Waals surface area contributed by atoms with Gasteiger partial charge in [-0.15, -0.1) is 0 Å². The van der Waals surface area contributed by atoms with Gasteiger partial charge in [0.05, 0.1) is 0 Å². The van der Waals surface area contributed by atoms with Gasteiger partial charge < -0.3 is 19.4 Å². The van der Waals surface area contributed by atoms with Crippen LogP contribution in [0.2, 0.25) is 0 Å². The first kappa shape index (κ1) is 18.8. The van der Waals surface area contributed by atoms with Gasteiger partial charge in [0.2, 0.25) is 16.8 Å². The summed E-state index contributed by atoms with van der Waals surface area (Å²) in [5.74, 6) is 1.01. The minimum Gasteiger partial charge on any atom is -0.454 e. The summed E-state index contributed by atoms with van der Waals surface area (Å²) in [6.45, 7) is 1.56. The first-order valence-electron chi connectivity index (χ1n) is 9.28. The van der Waals surface area contributed by atoms with Crippen LogP contribution in [0.4, 0.5) is 0 Å². The zero-order valence-corrected chi connectivity index (χ0v) is 16.5. The molecule has 0 unspecified atom stereocenters. The molecule has 1 amide bonds. The predicted molar refractivity (Wildman–Crippen MR) is 102 cm³/mol. The maximum atomic E-state index is 12.8. The van der Waals surface area contributed by atoms with Gasteiger partial charge in [-0.05, 0) is 36.6 Å². The van der Waals surface area contributed by atoms with Crippen LogP contribution >= 0.6 is 0 Å². The van der Waals surface area contributed by atoms with Crippen molar-refractivity contribution in [3.8, 4) is 11.5 Å². The van der Waals surface area contributed by atoms with Gasteiger partial charge in [-0.25, -0.2) is 8.42 Å². The van der Waals surface area contributed by atoms with Crippen LogP contribution in [0, 0.1) is 0 Å². The summed E-state index contributed by atoms with van der Waals surface area (Å²) in [7, 11) is -1.90. The van der Waals surface area contributed by atoms with Crippen LogP contribution in [0.15, 0.2) is 35.4 Å². The minimum absolute atomic E-state index is 0.158. The van der Waals surface area contributed by atoms with Crippen molar-refractivity contribution < 1.29 is 22.7 Å². The zero-order valence-electron chi connectivity index (χ0n) is 15.7. The van der Waals surface area contributed by atoms with E-state index in [0.29, 0.717) is 36.8 Å². The number of benzene rings is 1. The molecule has 0 aliphatic carbocycles. The maximum Gasteiger partial charge on any atom is 0.268 e. The molecule has 2 aromatic rings. The molecule has 1 aromatic heterocycles. The number of carbonyl (C=O) groups excluding carboxylic acids is 1. The minimum atomic E-state index is -3.57. The number of sulfonamides is 1. The number of carbonyl (C=O) groups is 1. The topological polar surface area (TPSA) is 89.9 Å². The fraction of sp³-hybridized carbons (Fsp3) is 0.421. The van der Waals surface area contributed by atoms with E-state index in [2.05, 4.69) is 5.32 Å². The Balaban J connectivity index is 1.46. The monoisotopic (exact) mass is 405 g/mol. The van der Waals surface area contributed by atoms with Crippen molar-refractivity contribution in [3.05, 3.63) is 41.7 Å². The van der Waals surface area contributed by atoms with Crippen molar-refractivity contribution >= 4 is 15.9 Å². The number of hydrogen-bond acceptors (Lipinski definition) is 5. The van der Waals surface area contributed by atoms with E-state index in [4.69, 9.17) is 9.47 Å². The summed E-state index contributed by atoms with van der Waals surface area (Å²) in [6.07, 6.45) is 4.29. The first-order chi connectivity index (χ1) is 13.4. The van der Waals surface area contributed by atoms with Gasteiger partial charge in [0.25, 0.3) is 5.91 Å². The van der Waals surface area contributed by atoms with Gasteiger partial charge >= 0.3 is 0 Å². The number of nitrogens with one attached hydrogen (secondary N) is 1. The number of aromatic nitrogens is 1. The molecule has 0 bridgehead atoms. The summed E-state index contributed by atoms with van der Waals surface area (Å²) in [4.78, 5) is 12.8. The molecular weight excluding hydrogens is 382 g/mol. The maximum absolute atomic E-state index is 12.8. The quantitative estimate of drug-likeness (QED) is 0.820. The second kappa shape index (κ2) is 7.48. The highest BCUT2D eigenvalue weighted by Crippen LogP contribution is 2.32.